The molecule has 0 heterocycles. The molecule has 1 aromatic carbocycles. The number of amides is 2. The summed E-state index contributed by atoms with van der Waals surface area (Å²) in [5, 5.41) is 3.12. The molecule has 24 heavy (non-hydrogen) atoms. The van der Waals surface area contributed by atoms with Crippen molar-refractivity contribution in [2.75, 3.05) is 12.4 Å². The van der Waals surface area contributed by atoms with E-state index < -0.39 is 5.54 Å². The highest BCUT2D eigenvalue weighted by molar-refractivity contribution is 6.34. The van der Waals surface area contributed by atoms with Crippen LogP contribution in [0.1, 0.15) is 55.3 Å². The summed E-state index contributed by atoms with van der Waals surface area (Å²) in [6, 6.07) is 5.29. The van der Waals surface area contributed by atoms with E-state index in [2.05, 4.69) is 5.32 Å². The van der Waals surface area contributed by atoms with Gasteiger partial charge in [0, 0.05) is 18.8 Å². The second-order valence-electron chi connectivity index (χ2n) is 7.01. The summed E-state index contributed by atoms with van der Waals surface area (Å²) in [5.74, 6) is -0.265. The predicted octanol–water partition coefficient (Wildman–Crippen LogP) is 3.17. The maximum atomic E-state index is 12.7. The molecule has 5 nitrogen and oxygen atoms in total. The van der Waals surface area contributed by atoms with Crippen molar-refractivity contribution in [3.63, 3.8) is 0 Å². The van der Waals surface area contributed by atoms with Gasteiger partial charge in [-0.2, -0.15) is 0 Å². The largest absolute Gasteiger partial charge is 0.339 e. The van der Waals surface area contributed by atoms with Gasteiger partial charge in [0.15, 0.2) is 0 Å². The zero-order valence-corrected chi connectivity index (χ0v) is 14.7. The highest BCUT2D eigenvalue weighted by Gasteiger charge is 2.45. The lowest BCUT2D eigenvalue weighted by atomic mass is 9.94. The predicted molar refractivity (Wildman–Crippen MR) is 95.2 cm³/mol. The zero-order valence-electron chi connectivity index (χ0n) is 14.0. The number of carbonyl (C=O) groups is 2. The van der Waals surface area contributed by atoms with Crippen molar-refractivity contribution in [2.45, 2.75) is 56.5 Å². The molecule has 2 aliphatic carbocycles. The van der Waals surface area contributed by atoms with Crippen molar-refractivity contribution in [1.82, 2.24) is 4.90 Å². The monoisotopic (exact) mass is 349 g/mol. The summed E-state index contributed by atoms with van der Waals surface area (Å²) >= 11 is 6.29. The maximum Gasteiger partial charge on any atom is 0.255 e. The first-order valence-corrected chi connectivity index (χ1v) is 8.95. The number of nitrogens with zero attached hydrogens (tertiary/aromatic N) is 1. The van der Waals surface area contributed by atoms with Crippen LogP contribution in [0, 0.1) is 0 Å². The lowest BCUT2D eigenvalue weighted by molar-refractivity contribution is -0.118. The number of anilines is 1. The number of hydrogen-bond donors (Lipinski definition) is 2. The Morgan fingerprint density at radius 1 is 1.25 bits per heavy atom. The molecule has 0 aromatic heterocycles. The van der Waals surface area contributed by atoms with E-state index in [0.29, 0.717) is 29.1 Å². The van der Waals surface area contributed by atoms with Crippen LogP contribution in [0.4, 0.5) is 5.69 Å². The molecule has 130 valence electrons. The third kappa shape index (κ3) is 3.57. The first-order chi connectivity index (χ1) is 11.4. The van der Waals surface area contributed by atoms with E-state index in [1.807, 2.05) is 7.05 Å². The molecule has 6 heteroatoms. The van der Waals surface area contributed by atoms with E-state index in [1.54, 1.807) is 23.1 Å². The minimum atomic E-state index is -0.734. The first-order valence-electron chi connectivity index (χ1n) is 8.58. The van der Waals surface area contributed by atoms with E-state index >= 15 is 0 Å². The number of nitrogens with one attached hydrogen (secondary N) is 1. The average molecular weight is 350 g/mol. The molecule has 0 unspecified atom stereocenters. The van der Waals surface area contributed by atoms with Crippen molar-refractivity contribution in [1.29, 1.82) is 0 Å². The number of benzene rings is 1. The van der Waals surface area contributed by atoms with Gasteiger partial charge < -0.3 is 16.0 Å². The van der Waals surface area contributed by atoms with Gasteiger partial charge in [-0.1, -0.05) is 30.9 Å². The molecule has 0 atom stereocenters. The Bertz CT molecular complexity index is 652. The van der Waals surface area contributed by atoms with Crippen molar-refractivity contribution in [3.05, 3.63) is 28.8 Å². The summed E-state index contributed by atoms with van der Waals surface area (Å²) in [7, 11) is 1.84. The Kier molecular flexibility index (Phi) is 4.83. The van der Waals surface area contributed by atoms with Crippen LogP contribution in [0.5, 0.6) is 0 Å². The third-order valence-electron chi connectivity index (χ3n) is 5.14. The van der Waals surface area contributed by atoms with E-state index in [4.69, 9.17) is 17.3 Å². The SMILES string of the molecule is CN(C(=O)c1ccc(NC(=O)C2(N)CC2)cc1Cl)C1CCCCC1. The van der Waals surface area contributed by atoms with Gasteiger partial charge in [-0.15, -0.1) is 0 Å². The highest BCUT2D eigenvalue weighted by atomic mass is 35.5. The van der Waals surface area contributed by atoms with Gasteiger partial charge in [0.05, 0.1) is 16.1 Å². The van der Waals surface area contributed by atoms with Crippen LogP contribution in [0.25, 0.3) is 0 Å². The highest BCUT2D eigenvalue weighted by Crippen LogP contribution is 2.34. The molecule has 0 radical (unpaired) electrons. The quantitative estimate of drug-likeness (QED) is 0.876. The number of carbonyl (C=O) groups excluding carboxylic acids is 2. The lowest BCUT2D eigenvalue weighted by Gasteiger charge is -2.31. The van der Waals surface area contributed by atoms with Gasteiger partial charge in [-0.25, -0.2) is 0 Å². The molecule has 2 fully saturated rings. The second kappa shape index (κ2) is 6.73. The first kappa shape index (κ1) is 17.2. The molecule has 2 aliphatic rings. The van der Waals surface area contributed by atoms with E-state index in [-0.39, 0.29) is 17.9 Å². The second-order valence-corrected chi connectivity index (χ2v) is 7.42. The summed E-state index contributed by atoms with van der Waals surface area (Å²) in [5.41, 5.74) is 6.17. The molecular formula is C18H24ClN3O2. The summed E-state index contributed by atoms with van der Waals surface area (Å²) in [4.78, 5) is 26.5. The summed E-state index contributed by atoms with van der Waals surface area (Å²) in [6.45, 7) is 0. The van der Waals surface area contributed by atoms with Gasteiger partial charge in [-0.05, 0) is 43.9 Å². The molecule has 0 aliphatic heterocycles. The van der Waals surface area contributed by atoms with Gasteiger partial charge in [0.25, 0.3) is 5.91 Å². The van der Waals surface area contributed by atoms with Gasteiger partial charge in [0.2, 0.25) is 5.91 Å². The summed E-state index contributed by atoms with van der Waals surface area (Å²) in [6.07, 6.45) is 7.09. The van der Waals surface area contributed by atoms with Crippen LogP contribution in [0.3, 0.4) is 0 Å². The number of hydrogen-bond acceptors (Lipinski definition) is 3. The van der Waals surface area contributed by atoms with E-state index in [0.717, 1.165) is 12.8 Å². The van der Waals surface area contributed by atoms with Crippen LogP contribution >= 0.6 is 11.6 Å². The zero-order chi connectivity index (χ0) is 17.3. The third-order valence-corrected chi connectivity index (χ3v) is 5.45. The van der Waals surface area contributed by atoms with Gasteiger partial charge in [0.1, 0.15) is 0 Å². The minimum absolute atomic E-state index is 0.0673. The Hall–Kier alpha value is -1.59. The lowest BCUT2D eigenvalue weighted by Crippen LogP contribution is -2.38. The Morgan fingerprint density at radius 2 is 1.92 bits per heavy atom. The van der Waals surface area contributed by atoms with Crippen molar-refractivity contribution >= 4 is 29.1 Å². The number of nitrogens with two attached hydrogens (primary N) is 1. The van der Waals surface area contributed by atoms with Gasteiger partial charge >= 0.3 is 0 Å². The number of halogens is 1. The molecule has 0 saturated heterocycles. The van der Waals surface area contributed by atoms with Crippen LogP contribution in [-0.2, 0) is 4.79 Å². The maximum absolute atomic E-state index is 12.7. The molecule has 2 saturated carbocycles. The Labute approximate surface area is 147 Å². The van der Waals surface area contributed by atoms with Crippen molar-refractivity contribution < 1.29 is 9.59 Å². The minimum Gasteiger partial charge on any atom is -0.339 e. The van der Waals surface area contributed by atoms with Crippen LogP contribution < -0.4 is 11.1 Å². The number of rotatable bonds is 4. The fraction of sp³-hybridized carbons (Fsp3) is 0.556. The molecule has 0 spiro atoms. The Balaban J connectivity index is 1.69. The van der Waals surface area contributed by atoms with E-state index in [1.165, 1.54) is 19.3 Å². The van der Waals surface area contributed by atoms with Gasteiger partial charge in [-0.3, -0.25) is 9.59 Å². The molecular weight excluding hydrogens is 326 g/mol. The van der Waals surface area contributed by atoms with Crippen molar-refractivity contribution in [2.24, 2.45) is 5.73 Å². The fourth-order valence-corrected chi connectivity index (χ4v) is 3.47. The van der Waals surface area contributed by atoms with Crippen LogP contribution in [0.15, 0.2) is 18.2 Å². The average Bonchev–Trinajstić information content (AvgIpc) is 3.33. The van der Waals surface area contributed by atoms with Crippen LogP contribution in [0.2, 0.25) is 5.02 Å². The summed E-state index contributed by atoms with van der Waals surface area (Å²) < 4.78 is 0. The van der Waals surface area contributed by atoms with Crippen LogP contribution in [-0.4, -0.2) is 35.3 Å². The normalized spacial score (nSPS) is 19.6. The van der Waals surface area contributed by atoms with E-state index in [9.17, 15) is 9.59 Å². The standard InChI is InChI=1S/C18H24ClN3O2/c1-22(13-5-3-2-4-6-13)16(23)14-8-7-12(11-15(14)19)21-17(24)18(20)9-10-18/h7-8,11,13H,2-6,9-10,20H2,1H3,(H,21,24). The molecule has 2 amide bonds. The molecule has 0 bridgehead atoms. The topological polar surface area (TPSA) is 75.4 Å². The smallest absolute Gasteiger partial charge is 0.255 e. The van der Waals surface area contributed by atoms with Crippen molar-refractivity contribution in [3.8, 4) is 0 Å². The Morgan fingerprint density at radius 3 is 2.50 bits per heavy atom. The molecule has 1 aromatic rings. The molecule has 3 N–H and O–H groups in total. The fourth-order valence-electron chi connectivity index (χ4n) is 3.21. The molecule has 3 rings (SSSR count).